The van der Waals surface area contributed by atoms with Crippen molar-refractivity contribution in [2.75, 3.05) is 18.0 Å². The largest absolute Gasteiger partial charge is 0.368 e. The highest BCUT2D eigenvalue weighted by Gasteiger charge is 2.33. The fourth-order valence-corrected chi connectivity index (χ4v) is 4.09. The molecule has 4 rings (SSSR count). The van der Waals surface area contributed by atoms with Gasteiger partial charge in [0, 0.05) is 30.3 Å². The van der Waals surface area contributed by atoms with Gasteiger partial charge in [-0.2, -0.15) is 0 Å². The van der Waals surface area contributed by atoms with Crippen LogP contribution >= 0.6 is 0 Å². The fourth-order valence-electron chi connectivity index (χ4n) is 4.09. The Balaban J connectivity index is 1.93. The highest BCUT2D eigenvalue weighted by Crippen LogP contribution is 2.42. The number of hydrogen-bond acceptors (Lipinski definition) is 4. The minimum absolute atomic E-state index is 0.0568. The fraction of sp³-hybridized carbons (Fsp3) is 0.556. The van der Waals surface area contributed by atoms with E-state index in [-0.39, 0.29) is 17.5 Å². The molecule has 3 N–H and O–H groups in total. The summed E-state index contributed by atoms with van der Waals surface area (Å²) in [5.41, 5.74) is 7.41. The Morgan fingerprint density at radius 2 is 2.04 bits per heavy atom. The smallest absolute Gasteiger partial charge is 0.333 e. The Morgan fingerprint density at radius 1 is 1.32 bits per heavy atom. The summed E-state index contributed by atoms with van der Waals surface area (Å²) in [5.74, 6) is 0.0391. The average Bonchev–Trinajstić information content (AvgIpc) is 3.25. The van der Waals surface area contributed by atoms with E-state index in [2.05, 4.69) is 4.98 Å². The maximum absolute atomic E-state index is 14.9. The van der Waals surface area contributed by atoms with Gasteiger partial charge in [-0.05, 0) is 44.9 Å². The Labute approximate surface area is 144 Å². The first-order chi connectivity index (χ1) is 11.9. The van der Waals surface area contributed by atoms with Gasteiger partial charge >= 0.3 is 5.69 Å². The molecule has 1 saturated heterocycles. The van der Waals surface area contributed by atoms with Crippen molar-refractivity contribution in [3.63, 3.8) is 0 Å². The van der Waals surface area contributed by atoms with Crippen molar-refractivity contribution < 1.29 is 4.39 Å². The summed E-state index contributed by atoms with van der Waals surface area (Å²) in [7, 11) is 0. The normalized spacial score (nSPS) is 21.9. The number of nitrogens with one attached hydrogen (secondary N) is 1. The van der Waals surface area contributed by atoms with Gasteiger partial charge in [0.25, 0.3) is 5.56 Å². The third-order valence-electron chi connectivity index (χ3n) is 5.63. The number of H-pyrrole nitrogens is 1. The number of nitrogens with two attached hydrogens (primary N) is 1. The molecular formula is C18H23FN4O2. The quantitative estimate of drug-likeness (QED) is 0.882. The predicted octanol–water partition coefficient (Wildman–Crippen LogP) is 1.49. The summed E-state index contributed by atoms with van der Waals surface area (Å²) >= 11 is 0. The molecule has 2 aromatic rings. The molecule has 2 atom stereocenters. The van der Waals surface area contributed by atoms with Crippen LogP contribution in [-0.2, 0) is 0 Å². The Morgan fingerprint density at radius 3 is 2.64 bits per heavy atom. The molecule has 0 aromatic carbocycles. The molecule has 1 aliphatic heterocycles. The number of hydrogen-bond donors (Lipinski definition) is 2. The van der Waals surface area contributed by atoms with Gasteiger partial charge in [-0.25, -0.2) is 9.18 Å². The van der Waals surface area contributed by atoms with E-state index in [1.807, 2.05) is 11.8 Å². The van der Waals surface area contributed by atoms with Crippen LogP contribution < -0.4 is 21.9 Å². The van der Waals surface area contributed by atoms with Crippen LogP contribution in [0.5, 0.6) is 0 Å². The molecule has 0 amide bonds. The number of fused-ring (bicyclic) bond motifs is 1. The van der Waals surface area contributed by atoms with E-state index in [0.717, 1.165) is 25.8 Å². The van der Waals surface area contributed by atoms with Crippen molar-refractivity contribution in [3.05, 3.63) is 44.0 Å². The molecule has 0 bridgehead atoms. The van der Waals surface area contributed by atoms with Gasteiger partial charge in [-0.1, -0.05) is 0 Å². The lowest BCUT2D eigenvalue weighted by Gasteiger charge is -2.24. The number of nitrogens with zero attached hydrogens (tertiary/aromatic N) is 2. The summed E-state index contributed by atoms with van der Waals surface area (Å²) < 4.78 is 16.1. The minimum atomic E-state index is -0.590. The highest BCUT2D eigenvalue weighted by molar-refractivity contribution is 5.72. The third-order valence-corrected chi connectivity index (χ3v) is 5.63. The van der Waals surface area contributed by atoms with E-state index in [4.69, 9.17) is 5.73 Å². The highest BCUT2D eigenvalue weighted by atomic mass is 19.1. The lowest BCUT2D eigenvalue weighted by molar-refractivity contribution is 0.487. The summed E-state index contributed by atoms with van der Waals surface area (Å²) in [5, 5.41) is 0. The second-order valence-corrected chi connectivity index (χ2v) is 7.47. The first-order valence-electron chi connectivity index (χ1n) is 8.86. The van der Waals surface area contributed by atoms with Crippen molar-refractivity contribution in [2.24, 2.45) is 11.7 Å². The van der Waals surface area contributed by atoms with Gasteiger partial charge in [0.05, 0.1) is 17.4 Å². The summed E-state index contributed by atoms with van der Waals surface area (Å²) in [6, 6.07) is 0.0568. The molecule has 1 saturated carbocycles. The van der Waals surface area contributed by atoms with Crippen LogP contribution in [0.15, 0.2) is 15.8 Å². The van der Waals surface area contributed by atoms with Crippen LogP contribution in [0, 0.1) is 18.7 Å². The van der Waals surface area contributed by atoms with Crippen molar-refractivity contribution in [2.45, 2.75) is 45.1 Å². The van der Waals surface area contributed by atoms with Gasteiger partial charge in [-0.15, -0.1) is 0 Å². The topological polar surface area (TPSA) is 83.6 Å². The zero-order chi connectivity index (χ0) is 17.9. The average molecular weight is 346 g/mol. The summed E-state index contributed by atoms with van der Waals surface area (Å²) in [6.45, 7) is 5.20. The first-order valence-corrected chi connectivity index (χ1v) is 8.86. The Bertz CT molecular complexity index is 958. The van der Waals surface area contributed by atoms with Gasteiger partial charge in [-0.3, -0.25) is 14.2 Å². The van der Waals surface area contributed by atoms with Crippen molar-refractivity contribution in [3.8, 4) is 0 Å². The molecule has 25 heavy (non-hydrogen) atoms. The molecule has 0 spiro atoms. The van der Waals surface area contributed by atoms with Crippen LogP contribution in [0.2, 0.25) is 0 Å². The molecule has 3 heterocycles. The number of aryl methyl sites for hydroxylation is 1. The van der Waals surface area contributed by atoms with E-state index < -0.39 is 11.5 Å². The van der Waals surface area contributed by atoms with Crippen LogP contribution in [0.25, 0.3) is 5.52 Å². The van der Waals surface area contributed by atoms with Gasteiger partial charge in [0.2, 0.25) is 0 Å². The second-order valence-electron chi connectivity index (χ2n) is 7.47. The SMILES string of the molecule is Cc1c(N2CC[C@H]([C@@H](C)N)C2)c(F)cn2c(=O)[nH]c(=O)c(C3CC3)c12. The standard InChI is InChI=1S/C18H23FN4O2/c1-9-15(22-6-5-12(7-22)10(2)20)13(19)8-23-16(9)14(11-3-4-11)17(24)21-18(23)25/h8,10-12H,3-7,20H2,1-2H3,(H,21,24,25)/t10-,12+/m1/s1. The van der Waals surface area contributed by atoms with E-state index in [0.29, 0.717) is 34.8 Å². The van der Waals surface area contributed by atoms with Gasteiger partial charge in [0.1, 0.15) is 0 Å². The minimum Gasteiger partial charge on any atom is -0.368 e. The van der Waals surface area contributed by atoms with E-state index in [1.165, 1.54) is 10.6 Å². The van der Waals surface area contributed by atoms with E-state index in [9.17, 15) is 14.0 Å². The molecule has 2 aliphatic rings. The van der Waals surface area contributed by atoms with Gasteiger partial charge in [0.15, 0.2) is 5.82 Å². The third kappa shape index (κ3) is 2.57. The molecule has 134 valence electrons. The molecule has 7 heteroatoms. The maximum atomic E-state index is 14.9. The molecule has 0 radical (unpaired) electrons. The maximum Gasteiger partial charge on any atom is 0.333 e. The lowest BCUT2D eigenvalue weighted by Crippen LogP contribution is -2.32. The number of halogens is 1. The van der Waals surface area contributed by atoms with E-state index in [1.54, 1.807) is 6.92 Å². The molecular weight excluding hydrogens is 323 g/mol. The molecule has 2 aromatic heterocycles. The molecule has 0 unspecified atom stereocenters. The number of aromatic amines is 1. The number of rotatable bonds is 3. The second kappa shape index (κ2) is 5.69. The van der Waals surface area contributed by atoms with Crippen molar-refractivity contribution in [1.82, 2.24) is 9.38 Å². The molecule has 2 fully saturated rings. The monoisotopic (exact) mass is 346 g/mol. The number of anilines is 1. The predicted molar refractivity (Wildman–Crippen MR) is 94.9 cm³/mol. The summed E-state index contributed by atoms with van der Waals surface area (Å²) in [6.07, 6.45) is 3.99. The van der Waals surface area contributed by atoms with Gasteiger partial charge < -0.3 is 10.6 Å². The van der Waals surface area contributed by atoms with Crippen LogP contribution in [0.4, 0.5) is 10.1 Å². The summed E-state index contributed by atoms with van der Waals surface area (Å²) in [4.78, 5) is 28.9. The Kier molecular flexibility index (Phi) is 3.72. The van der Waals surface area contributed by atoms with Crippen LogP contribution in [0.1, 0.15) is 43.2 Å². The number of pyridine rings is 1. The first kappa shape index (κ1) is 16.3. The zero-order valence-electron chi connectivity index (χ0n) is 14.5. The van der Waals surface area contributed by atoms with Crippen molar-refractivity contribution in [1.29, 1.82) is 0 Å². The number of aromatic nitrogens is 2. The van der Waals surface area contributed by atoms with Crippen LogP contribution in [0.3, 0.4) is 0 Å². The van der Waals surface area contributed by atoms with E-state index >= 15 is 0 Å². The molecule has 1 aliphatic carbocycles. The molecule has 6 nitrogen and oxygen atoms in total. The van der Waals surface area contributed by atoms with Crippen molar-refractivity contribution >= 4 is 11.2 Å². The van der Waals surface area contributed by atoms with Crippen LogP contribution in [-0.4, -0.2) is 28.5 Å². The zero-order valence-corrected chi connectivity index (χ0v) is 14.5. The lowest BCUT2D eigenvalue weighted by atomic mass is 10.0. The Hall–Kier alpha value is -2.15.